The van der Waals surface area contributed by atoms with Crippen molar-refractivity contribution >= 4 is 17.4 Å². The van der Waals surface area contributed by atoms with E-state index in [4.69, 9.17) is 0 Å². The monoisotopic (exact) mass is 277 g/mol. The second-order valence-corrected chi connectivity index (χ2v) is 7.34. The SMILES string of the molecule is CC(C)CCS[C@@H]1CCCC[C@H]1Nc1ccccc1. The third-order valence-corrected chi connectivity index (χ3v) is 5.32. The van der Waals surface area contributed by atoms with Gasteiger partial charge in [0.1, 0.15) is 0 Å². The molecule has 0 unspecified atom stereocenters. The maximum atomic E-state index is 3.75. The highest BCUT2D eigenvalue weighted by atomic mass is 32.2. The highest BCUT2D eigenvalue weighted by Crippen LogP contribution is 2.31. The number of anilines is 1. The van der Waals surface area contributed by atoms with Crippen molar-refractivity contribution in [1.29, 1.82) is 0 Å². The molecule has 2 atom stereocenters. The van der Waals surface area contributed by atoms with E-state index < -0.39 is 0 Å². The van der Waals surface area contributed by atoms with Gasteiger partial charge in [-0.2, -0.15) is 11.8 Å². The standard InChI is InChI=1S/C17H27NS/c1-14(2)12-13-19-17-11-7-6-10-16(17)18-15-8-4-3-5-9-15/h3-5,8-9,14,16-18H,6-7,10-13H2,1-2H3/t16-,17-/m1/s1. The minimum Gasteiger partial charge on any atom is -0.381 e. The lowest BCUT2D eigenvalue weighted by atomic mass is 9.94. The van der Waals surface area contributed by atoms with Gasteiger partial charge in [0.15, 0.2) is 0 Å². The Hall–Kier alpha value is -0.630. The fraction of sp³-hybridized carbons (Fsp3) is 0.647. The van der Waals surface area contributed by atoms with Gasteiger partial charge in [-0.25, -0.2) is 0 Å². The van der Waals surface area contributed by atoms with Crippen molar-refractivity contribution in [3.63, 3.8) is 0 Å². The Morgan fingerprint density at radius 1 is 1.16 bits per heavy atom. The molecule has 1 aromatic rings. The molecule has 1 N–H and O–H groups in total. The van der Waals surface area contributed by atoms with Gasteiger partial charge in [0, 0.05) is 17.0 Å². The van der Waals surface area contributed by atoms with Crippen LogP contribution in [0.25, 0.3) is 0 Å². The quantitative estimate of drug-likeness (QED) is 0.768. The lowest BCUT2D eigenvalue weighted by Crippen LogP contribution is -2.34. The zero-order valence-corrected chi connectivity index (χ0v) is 13.1. The van der Waals surface area contributed by atoms with Gasteiger partial charge in [-0.1, -0.05) is 44.9 Å². The highest BCUT2D eigenvalue weighted by Gasteiger charge is 2.25. The first-order valence-corrected chi connectivity index (χ1v) is 8.74. The first kappa shape index (κ1) is 14.8. The third kappa shape index (κ3) is 5.10. The van der Waals surface area contributed by atoms with Crippen molar-refractivity contribution in [2.24, 2.45) is 5.92 Å². The Labute approximate surface area is 122 Å². The average molecular weight is 277 g/mol. The Bertz CT molecular complexity index is 350. The van der Waals surface area contributed by atoms with Gasteiger partial charge in [-0.3, -0.25) is 0 Å². The Kier molecular flexibility index (Phi) is 6.09. The topological polar surface area (TPSA) is 12.0 Å². The number of thioether (sulfide) groups is 1. The van der Waals surface area contributed by atoms with Crippen molar-refractivity contribution in [3.8, 4) is 0 Å². The van der Waals surface area contributed by atoms with E-state index in [0.29, 0.717) is 6.04 Å². The van der Waals surface area contributed by atoms with Gasteiger partial charge < -0.3 is 5.32 Å². The second-order valence-electron chi connectivity index (χ2n) is 5.99. The molecule has 19 heavy (non-hydrogen) atoms. The Morgan fingerprint density at radius 2 is 1.89 bits per heavy atom. The van der Waals surface area contributed by atoms with Crippen LogP contribution in [0.5, 0.6) is 0 Å². The van der Waals surface area contributed by atoms with Crippen LogP contribution >= 0.6 is 11.8 Å². The molecule has 0 amide bonds. The van der Waals surface area contributed by atoms with Crippen molar-refractivity contribution < 1.29 is 0 Å². The Morgan fingerprint density at radius 3 is 2.63 bits per heavy atom. The maximum Gasteiger partial charge on any atom is 0.0380 e. The molecule has 2 heteroatoms. The molecule has 1 aliphatic rings. The van der Waals surface area contributed by atoms with Gasteiger partial charge >= 0.3 is 0 Å². The van der Waals surface area contributed by atoms with E-state index in [1.54, 1.807) is 0 Å². The molecule has 0 spiro atoms. The number of rotatable bonds is 6. The van der Waals surface area contributed by atoms with Crippen LogP contribution in [-0.2, 0) is 0 Å². The molecule has 0 aromatic heterocycles. The largest absolute Gasteiger partial charge is 0.381 e. The molecule has 1 nitrogen and oxygen atoms in total. The van der Waals surface area contributed by atoms with Gasteiger partial charge in [0.05, 0.1) is 0 Å². The minimum absolute atomic E-state index is 0.660. The van der Waals surface area contributed by atoms with Crippen LogP contribution < -0.4 is 5.32 Å². The van der Waals surface area contributed by atoms with E-state index in [1.807, 2.05) is 0 Å². The summed E-state index contributed by atoms with van der Waals surface area (Å²) in [6.45, 7) is 4.64. The molecule has 2 rings (SSSR count). The van der Waals surface area contributed by atoms with Crippen molar-refractivity contribution in [2.45, 2.75) is 57.2 Å². The number of nitrogens with one attached hydrogen (secondary N) is 1. The van der Waals surface area contributed by atoms with Crippen LogP contribution in [-0.4, -0.2) is 17.0 Å². The zero-order chi connectivity index (χ0) is 13.5. The first-order chi connectivity index (χ1) is 9.25. The zero-order valence-electron chi connectivity index (χ0n) is 12.3. The Balaban J connectivity index is 1.85. The first-order valence-electron chi connectivity index (χ1n) is 7.69. The summed E-state index contributed by atoms with van der Waals surface area (Å²) in [6.07, 6.45) is 6.85. The fourth-order valence-corrected chi connectivity index (χ4v) is 4.35. The van der Waals surface area contributed by atoms with E-state index in [2.05, 4.69) is 61.3 Å². The summed E-state index contributed by atoms with van der Waals surface area (Å²) in [7, 11) is 0. The summed E-state index contributed by atoms with van der Waals surface area (Å²) in [5, 5.41) is 4.55. The van der Waals surface area contributed by atoms with Crippen molar-refractivity contribution in [1.82, 2.24) is 0 Å². The normalized spacial score (nSPS) is 23.5. The smallest absolute Gasteiger partial charge is 0.0380 e. The molecule has 0 bridgehead atoms. The molecule has 0 heterocycles. The molecule has 0 saturated heterocycles. The van der Waals surface area contributed by atoms with Gasteiger partial charge in [-0.05, 0) is 43.1 Å². The predicted octanol–water partition coefficient (Wildman–Crippen LogP) is 5.19. The van der Waals surface area contributed by atoms with E-state index >= 15 is 0 Å². The van der Waals surface area contributed by atoms with Gasteiger partial charge in [0.25, 0.3) is 0 Å². The molecule has 1 aliphatic carbocycles. The van der Waals surface area contributed by atoms with Crippen molar-refractivity contribution in [3.05, 3.63) is 30.3 Å². The van der Waals surface area contributed by atoms with E-state index in [9.17, 15) is 0 Å². The number of hydrogen-bond acceptors (Lipinski definition) is 2. The van der Waals surface area contributed by atoms with Crippen LogP contribution in [0.3, 0.4) is 0 Å². The molecule has 1 fully saturated rings. The molecule has 106 valence electrons. The average Bonchev–Trinajstić information content (AvgIpc) is 2.41. The van der Waals surface area contributed by atoms with Crippen LogP contribution in [0.15, 0.2) is 30.3 Å². The highest BCUT2D eigenvalue weighted by molar-refractivity contribution is 7.99. The summed E-state index contributed by atoms with van der Waals surface area (Å²) in [5.41, 5.74) is 1.28. The van der Waals surface area contributed by atoms with Crippen molar-refractivity contribution in [2.75, 3.05) is 11.1 Å². The minimum atomic E-state index is 0.660. The van der Waals surface area contributed by atoms with Crippen LogP contribution in [0.1, 0.15) is 46.0 Å². The lowest BCUT2D eigenvalue weighted by Gasteiger charge is -2.32. The van der Waals surface area contributed by atoms with Crippen LogP contribution in [0.2, 0.25) is 0 Å². The molecule has 1 saturated carbocycles. The predicted molar refractivity (Wildman–Crippen MR) is 88.0 cm³/mol. The third-order valence-electron chi connectivity index (χ3n) is 3.86. The molecule has 1 aromatic carbocycles. The number of hydrogen-bond donors (Lipinski definition) is 1. The summed E-state index contributed by atoms with van der Waals surface area (Å²) in [4.78, 5) is 0. The molecule has 0 aliphatic heterocycles. The molecular formula is C17H27NS. The van der Waals surface area contributed by atoms with Gasteiger partial charge in [0.2, 0.25) is 0 Å². The summed E-state index contributed by atoms with van der Waals surface area (Å²) < 4.78 is 0. The lowest BCUT2D eigenvalue weighted by molar-refractivity contribution is 0.474. The summed E-state index contributed by atoms with van der Waals surface area (Å²) in [5.74, 6) is 2.14. The maximum absolute atomic E-state index is 3.75. The van der Waals surface area contributed by atoms with Crippen LogP contribution in [0, 0.1) is 5.92 Å². The molecular weight excluding hydrogens is 250 g/mol. The van der Waals surface area contributed by atoms with Crippen LogP contribution in [0.4, 0.5) is 5.69 Å². The van der Waals surface area contributed by atoms with Gasteiger partial charge in [-0.15, -0.1) is 0 Å². The number of para-hydroxylation sites is 1. The summed E-state index contributed by atoms with van der Waals surface area (Å²) in [6, 6.07) is 11.3. The van der Waals surface area contributed by atoms with E-state index in [1.165, 1.54) is 43.5 Å². The van der Waals surface area contributed by atoms with E-state index in [0.717, 1.165) is 11.2 Å². The van der Waals surface area contributed by atoms with E-state index in [-0.39, 0.29) is 0 Å². The number of benzene rings is 1. The summed E-state index contributed by atoms with van der Waals surface area (Å²) >= 11 is 2.19. The molecule has 0 radical (unpaired) electrons. The second kappa shape index (κ2) is 7.84. The fourth-order valence-electron chi connectivity index (χ4n) is 2.67.